The van der Waals surface area contributed by atoms with Crippen LogP contribution in [0, 0.1) is 5.41 Å². The summed E-state index contributed by atoms with van der Waals surface area (Å²) in [7, 11) is 3.60. The number of aliphatic hydroxyl groups excluding tert-OH is 1. The van der Waals surface area contributed by atoms with E-state index in [-0.39, 0.29) is 18.1 Å². The Labute approximate surface area is 110 Å². The fraction of sp³-hybridized carbons (Fsp3) is 0.538. The molecular weight excluding hydrogens is 282 g/mol. The number of hydrogen-bond donors (Lipinski definition) is 2. The smallest absolute Gasteiger partial charge is 0.133 e. The van der Waals surface area contributed by atoms with Crippen molar-refractivity contribution in [3.05, 3.63) is 28.2 Å². The lowest BCUT2D eigenvalue weighted by Gasteiger charge is -2.25. The molecule has 0 heterocycles. The Morgan fingerprint density at radius 3 is 2.65 bits per heavy atom. The number of nitrogens with one attached hydrogen (secondary N) is 1. The van der Waals surface area contributed by atoms with Crippen molar-refractivity contribution in [3.8, 4) is 5.75 Å². The number of methoxy groups -OCH3 is 1. The zero-order valence-electron chi connectivity index (χ0n) is 10.2. The predicted molar refractivity (Wildman–Crippen MR) is 71.2 cm³/mol. The number of aliphatic hydroxyl groups is 1. The van der Waals surface area contributed by atoms with Crippen molar-refractivity contribution in [3.63, 3.8) is 0 Å². The summed E-state index contributed by atoms with van der Waals surface area (Å²) in [6.45, 7) is 0.238. The van der Waals surface area contributed by atoms with Gasteiger partial charge < -0.3 is 15.2 Å². The van der Waals surface area contributed by atoms with E-state index in [1.807, 2.05) is 13.1 Å². The van der Waals surface area contributed by atoms with Gasteiger partial charge in [0, 0.05) is 11.5 Å². The molecule has 4 heteroatoms. The Kier molecular flexibility index (Phi) is 3.76. The van der Waals surface area contributed by atoms with Crippen molar-refractivity contribution in [2.45, 2.75) is 18.9 Å². The zero-order valence-corrected chi connectivity index (χ0v) is 11.8. The molecule has 2 N–H and O–H groups in total. The summed E-state index contributed by atoms with van der Waals surface area (Å²) < 4.78 is 6.17. The van der Waals surface area contributed by atoms with Crippen molar-refractivity contribution in [2.75, 3.05) is 20.8 Å². The minimum absolute atomic E-state index is 0.0305. The van der Waals surface area contributed by atoms with E-state index in [2.05, 4.69) is 33.4 Å². The normalized spacial score (nSPS) is 18.8. The number of hydrogen-bond acceptors (Lipinski definition) is 3. The van der Waals surface area contributed by atoms with Gasteiger partial charge in [-0.1, -0.05) is 6.07 Å². The zero-order chi connectivity index (χ0) is 12.5. The first-order valence-corrected chi connectivity index (χ1v) is 6.58. The molecule has 3 nitrogen and oxygen atoms in total. The molecule has 1 aromatic carbocycles. The van der Waals surface area contributed by atoms with Gasteiger partial charge in [-0.05, 0) is 53.5 Å². The molecular formula is C13H18BrNO2. The monoisotopic (exact) mass is 299 g/mol. The van der Waals surface area contributed by atoms with Gasteiger partial charge in [-0.25, -0.2) is 0 Å². The van der Waals surface area contributed by atoms with Crippen molar-refractivity contribution in [2.24, 2.45) is 5.41 Å². The van der Waals surface area contributed by atoms with Gasteiger partial charge in [0.2, 0.25) is 0 Å². The molecule has 0 aromatic heterocycles. The minimum atomic E-state index is 0.0305. The molecule has 17 heavy (non-hydrogen) atoms. The van der Waals surface area contributed by atoms with Crippen molar-refractivity contribution < 1.29 is 9.84 Å². The summed E-state index contributed by atoms with van der Waals surface area (Å²) in [5.74, 6) is 0.831. The van der Waals surface area contributed by atoms with Crippen LogP contribution in [0.15, 0.2) is 22.7 Å². The molecule has 1 aromatic rings. The van der Waals surface area contributed by atoms with Gasteiger partial charge in [0.15, 0.2) is 0 Å². The standard InChI is InChI=1S/C13H18BrNO2/c1-15-12(13(8-16)5-6-13)9-3-4-11(17-2)10(14)7-9/h3-4,7,12,15-16H,5-6,8H2,1-2H3. The summed E-state index contributed by atoms with van der Waals surface area (Å²) >= 11 is 3.50. The molecule has 0 spiro atoms. The molecule has 0 radical (unpaired) electrons. The highest BCUT2D eigenvalue weighted by Crippen LogP contribution is 2.54. The molecule has 1 atom stereocenters. The van der Waals surface area contributed by atoms with Gasteiger partial charge in [-0.15, -0.1) is 0 Å². The highest BCUT2D eigenvalue weighted by atomic mass is 79.9. The minimum Gasteiger partial charge on any atom is -0.496 e. The van der Waals surface area contributed by atoms with Gasteiger partial charge in [0.1, 0.15) is 5.75 Å². The van der Waals surface area contributed by atoms with E-state index in [4.69, 9.17) is 4.74 Å². The third kappa shape index (κ3) is 2.34. The molecule has 1 aliphatic carbocycles. The molecule has 94 valence electrons. The quantitative estimate of drug-likeness (QED) is 0.878. The number of rotatable bonds is 5. The predicted octanol–water partition coefficient (Wildman–Crippen LogP) is 2.49. The second kappa shape index (κ2) is 4.96. The van der Waals surface area contributed by atoms with Crippen molar-refractivity contribution in [1.82, 2.24) is 5.32 Å². The van der Waals surface area contributed by atoms with Crippen molar-refractivity contribution in [1.29, 1.82) is 0 Å². The lowest BCUT2D eigenvalue weighted by molar-refractivity contribution is 0.175. The second-order valence-electron chi connectivity index (χ2n) is 4.64. The van der Waals surface area contributed by atoms with Gasteiger partial charge in [-0.2, -0.15) is 0 Å². The van der Waals surface area contributed by atoms with Gasteiger partial charge in [0.25, 0.3) is 0 Å². The lowest BCUT2D eigenvalue weighted by atomic mass is 9.91. The molecule has 0 bridgehead atoms. The van der Waals surface area contributed by atoms with Crippen molar-refractivity contribution >= 4 is 15.9 Å². The summed E-state index contributed by atoms with van der Waals surface area (Å²) in [6, 6.07) is 6.28. The van der Waals surface area contributed by atoms with Crippen LogP contribution in [0.5, 0.6) is 5.75 Å². The first kappa shape index (κ1) is 12.9. The summed E-state index contributed by atoms with van der Waals surface area (Å²) in [5, 5.41) is 12.8. The van der Waals surface area contributed by atoms with E-state index in [1.54, 1.807) is 7.11 Å². The van der Waals surface area contributed by atoms with Crippen LogP contribution >= 0.6 is 15.9 Å². The van der Waals surface area contributed by atoms with E-state index in [1.165, 1.54) is 5.56 Å². The Morgan fingerprint density at radius 1 is 1.53 bits per heavy atom. The maximum absolute atomic E-state index is 9.51. The fourth-order valence-electron chi connectivity index (χ4n) is 2.39. The van der Waals surface area contributed by atoms with E-state index in [9.17, 15) is 5.11 Å². The van der Waals surface area contributed by atoms with Crippen LogP contribution in [0.3, 0.4) is 0 Å². The summed E-state index contributed by atoms with van der Waals surface area (Å²) in [5.41, 5.74) is 1.22. The van der Waals surface area contributed by atoms with Gasteiger partial charge in [0.05, 0.1) is 18.2 Å². The third-order valence-corrected chi connectivity index (χ3v) is 4.24. The highest BCUT2D eigenvalue weighted by Gasteiger charge is 2.48. The SMILES string of the molecule is CNC(c1ccc(OC)c(Br)c1)C1(CO)CC1. The Morgan fingerprint density at radius 2 is 2.24 bits per heavy atom. The third-order valence-electron chi connectivity index (χ3n) is 3.62. The van der Waals surface area contributed by atoms with Crippen LogP contribution in [0.2, 0.25) is 0 Å². The van der Waals surface area contributed by atoms with Crippen LogP contribution in [-0.4, -0.2) is 25.9 Å². The number of ether oxygens (including phenoxy) is 1. The Balaban J connectivity index is 2.29. The Bertz CT molecular complexity index is 404. The van der Waals surface area contributed by atoms with E-state index in [0.717, 1.165) is 23.1 Å². The van der Waals surface area contributed by atoms with Crippen LogP contribution < -0.4 is 10.1 Å². The van der Waals surface area contributed by atoms with Crippen LogP contribution in [0.4, 0.5) is 0 Å². The molecule has 0 amide bonds. The first-order chi connectivity index (χ1) is 8.16. The largest absolute Gasteiger partial charge is 0.496 e. The average Bonchev–Trinajstić information content (AvgIpc) is 3.11. The number of benzene rings is 1. The molecule has 1 unspecified atom stereocenters. The van der Waals surface area contributed by atoms with Gasteiger partial charge >= 0.3 is 0 Å². The maximum Gasteiger partial charge on any atom is 0.133 e. The molecule has 1 aliphatic rings. The molecule has 1 saturated carbocycles. The van der Waals surface area contributed by atoms with E-state index < -0.39 is 0 Å². The molecule has 1 fully saturated rings. The summed E-state index contributed by atoms with van der Waals surface area (Å²) in [6.07, 6.45) is 2.16. The van der Waals surface area contributed by atoms with Crippen LogP contribution in [0.25, 0.3) is 0 Å². The first-order valence-electron chi connectivity index (χ1n) is 5.78. The van der Waals surface area contributed by atoms with Crippen LogP contribution in [-0.2, 0) is 0 Å². The lowest BCUT2D eigenvalue weighted by Crippen LogP contribution is -2.29. The van der Waals surface area contributed by atoms with Crippen LogP contribution in [0.1, 0.15) is 24.4 Å². The van der Waals surface area contributed by atoms with Gasteiger partial charge in [-0.3, -0.25) is 0 Å². The maximum atomic E-state index is 9.51. The average molecular weight is 300 g/mol. The molecule has 0 saturated heterocycles. The number of halogens is 1. The van der Waals surface area contributed by atoms with E-state index in [0.29, 0.717) is 0 Å². The summed E-state index contributed by atoms with van der Waals surface area (Å²) in [4.78, 5) is 0. The molecule has 2 rings (SSSR count). The Hall–Kier alpha value is -0.580. The molecule has 0 aliphatic heterocycles. The topological polar surface area (TPSA) is 41.5 Å². The second-order valence-corrected chi connectivity index (χ2v) is 5.49. The fourth-order valence-corrected chi connectivity index (χ4v) is 2.95. The highest BCUT2D eigenvalue weighted by molar-refractivity contribution is 9.10. The van der Waals surface area contributed by atoms with E-state index >= 15 is 0 Å².